The van der Waals surface area contributed by atoms with Crippen LogP contribution in [-0.4, -0.2) is 37.4 Å². The van der Waals surface area contributed by atoms with E-state index >= 15 is 0 Å². The van der Waals surface area contributed by atoms with Crippen molar-refractivity contribution in [3.8, 4) is 5.75 Å². The van der Waals surface area contributed by atoms with Crippen molar-refractivity contribution in [2.45, 2.75) is 12.8 Å². The van der Waals surface area contributed by atoms with Gasteiger partial charge in [0.2, 0.25) is 11.8 Å². The minimum Gasteiger partial charge on any atom is -0.490 e. The molecule has 1 aliphatic heterocycles. The fourth-order valence-electron chi connectivity index (χ4n) is 2.08. The molecule has 1 aromatic rings. The Balaban J connectivity index is 1.86. The lowest BCUT2D eigenvalue weighted by Crippen LogP contribution is -2.38. The van der Waals surface area contributed by atoms with Gasteiger partial charge in [-0.25, -0.2) is 0 Å². The number of carbonyl (C=O) groups is 2. The number of benzene rings is 1. The van der Waals surface area contributed by atoms with Gasteiger partial charge in [0.15, 0.2) is 0 Å². The average molecular weight is 297 g/mol. The highest BCUT2D eigenvalue weighted by Crippen LogP contribution is 2.31. The van der Waals surface area contributed by atoms with Crippen molar-refractivity contribution in [1.29, 1.82) is 0 Å². The Morgan fingerprint density at radius 1 is 1.35 bits per heavy atom. The number of para-hydroxylation sites is 2. The van der Waals surface area contributed by atoms with Crippen molar-refractivity contribution in [3.05, 3.63) is 24.3 Å². The number of anilines is 1. The second kappa shape index (κ2) is 7.14. The molecule has 1 heterocycles. The zero-order chi connectivity index (χ0) is 14.4. The first-order valence-electron chi connectivity index (χ1n) is 6.57. The Bertz CT molecular complexity index is 493. The summed E-state index contributed by atoms with van der Waals surface area (Å²) in [4.78, 5) is 24.9. The van der Waals surface area contributed by atoms with Gasteiger partial charge in [0.05, 0.1) is 12.2 Å². The molecule has 0 atom stereocenters. The van der Waals surface area contributed by atoms with E-state index in [9.17, 15) is 9.59 Å². The molecule has 1 N–H and O–H groups in total. The summed E-state index contributed by atoms with van der Waals surface area (Å²) in [5.41, 5.74) is 0.813. The number of nitrogens with zero attached hydrogens (tertiary/aromatic N) is 1. The van der Waals surface area contributed by atoms with Gasteiger partial charge < -0.3 is 15.0 Å². The maximum Gasteiger partial charge on any atom is 0.234 e. The lowest BCUT2D eigenvalue weighted by atomic mass is 10.2. The van der Waals surface area contributed by atoms with Crippen LogP contribution in [0.15, 0.2) is 24.3 Å². The van der Waals surface area contributed by atoms with Crippen molar-refractivity contribution in [3.63, 3.8) is 0 Å². The monoisotopic (exact) mass is 296 g/mol. The van der Waals surface area contributed by atoms with Crippen LogP contribution in [0.3, 0.4) is 0 Å². The Morgan fingerprint density at radius 2 is 2.15 bits per heavy atom. The number of hydrogen-bond acceptors (Lipinski definition) is 3. The lowest BCUT2D eigenvalue weighted by Gasteiger charge is -2.29. The van der Waals surface area contributed by atoms with Crippen LogP contribution in [0.2, 0.25) is 0 Å². The fraction of sp³-hybridized carbons (Fsp3) is 0.429. The molecule has 6 heteroatoms. The summed E-state index contributed by atoms with van der Waals surface area (Å²) in [7, 11) is 0. The first-order valence-corrected chi connectivity index (χ1v) is 7.10. The van der Waals surface area contributed by atoms with Crippen molar-refractivity contribution < 1.29 is 14.3 Å². The van der Waals surface area contributed by atoms with Crippen LogP contribution in [0, 0.1) is 0 Å². The molecule has 5 nitrogen and oxygen atoms in total. The van der Waals surface area contributed by atoms with Crippen LogP contribution in [0.25, 0.3) is 0 Å². The van der Waals surface area contributed by atoms with E-state index in [0.29, 0.717) is 32.5 Å². The van der Waals surface area contributed by atoms with Gasteiger partial charge >= 0.3 is 0 Å². The Kier molecular flexibility index (Phi) is 5.24. The van der Waals surface area contributed by atoms with Crippen LogP contribution >= 0.6 is 11.6 Å². The second-order valence-corrected chi connectivity index (χ2v) is 4.72. The Labute approximate surface area is 122 Å². The number of ether oxygens (including phenoxy) is 1. The highest BCUT2D eigenvalue weighted by atomic mass is 35.5. The SMILES string of the molecule is O=C(CCl)NCCCC(=O)N1CCOc2ccccc21. The molecule has 108 valence electrons. The third-order valence-corrected chi connectivity index (χ3v) is 3.28. The molecular weight excluding hydrogens is 280 g/mol. The standard InChI is InChI=1S/C14H17ClN2O3/c15-10-13(18)16-7-3-6-14(19)17-8-9-20-12-5-2-1-4-11(12)17/h1-2,4-5H,3,6-10H2,(H,16,18). The number of rotatable bonds is 5. The van der Waals surface area contributed by atoms with Gasteiger partial charge in [-0.15, -0.1) is 11.6 Å². The Hall–Kier alpha value is -1.75. The molecule has 0 aliphatic carbocycles. The molecule has 0 fully saturated rings. The quantitative estimate of drug-likeness (QED) is 0.662. The van der Waals surface area contributed by atoms with E-state index in [1.165, 1.54) is 0 Å². The van der Waals surface area contributed by atoms with Crippen molar-refractivity contribution in [2.75, 3.05) is 30.5 Å². The molecule has 0 saturated carbocycles. The van der Waals surface area contributed by atoms with E-state index in [1.54, 1.807) is 4.90 Å². The predicted molar refractivity (Wildman–Crippen MR) is 77.3 cm³/mol. The van der Waals surface area contributed by atoms with Crippen molar-refractivity contribution in [1.82, 2.24) is 5.32 Å². The molecule has 0 spiro atoms. The van der Waals surface area contributed by atoms with Gasteiger partial charge in [-0.05, 0) is 18.6 Å². The third-order valence-electron chi connectivity index (χ3n) is 3.04. The molecule has 0 radical (unpaired) electrons. The van der Waals surface area contributed by atoms with E-state index in [-0.39, 0.29) is 17.7 Å². The maximum atomic E-state index is 12.2. The van der Waals surface area contributed by atoms with E-state index in [1.807, 2.05) is 24.3 Å². The Morgan fingerprint density at radius 3 is 2.95 bits per heavy atom. The van der Waals surface area contributed by atoms with Crippen LogP contribution in [0.1, 0.15) is 12.8 Å². The molecule has 1 aliphatic rings. The number of nitrogens with one attached hydrogen (secondary N) is 1. The van der Waals surface area contributed by atoms with E-state index < -0.39 is 0 Å². The van der Waals surface area contributed by atoms with E-state index in [4.69, 9.17) is 16.3 Å². The molecule has 0 bridgehead atoms. The largest absolute Gasteiger partial charge is 0.490 e. The zero-order valence-electron chi connectivity index (χ0n) is 11.1. The van der Waals surface area contributed by atoms with Crippen molar-refractivity contribution in [2.24, 2.45) is 0 Å². The minimum absolute atomic E-state index is 0.0425. The number of alkyl halides is 1. The molecular formula is C14H17ClN2O3. The summed E-state index contributed by atoms with van der Waals surface area (Å²) in [5, 5.41) is 2.64. The first-order chi connectivity index (χ1) is 9.72. The molecule has 0 aromatic heterocycles. The number of hydrogen-bond donors (Lipinski definition) is 1. The van der Waals surface area contributed by atoms with Gasteiger partial charge in [-0.2, -0.15) is 0 Å². The highest BCUT2D eigenvalue weighted by molar-refractivity contribution is 6.27. The summed E-state index contributed by atoms with van der Waals surface area (Å²) in [6.45, 7) is 1.53. The number of amides is 2. The van der Waals surface area contributed by atoms with Gasteiger partial charge in [-0.1, -0.05) is 12.1 Å². The summed E-state index contributed by atoms with van der Waals surface area (Å²) in [6, 6.07) is 7.50. The number of fused-ring (bicyclic) bond motifs is 1. The van der Waals surface area contributed by atoms with Crippen LogP contribution in [0.4, 0.5) is 5.69 Å². The average Bonchev–Trinajstić information content (AvgIpc) is 2.50. The summed E-state index contributed by atoms with van der Waals surface area (Å²) >= 11 is 5.37. The van der Waals surface area contributed by atoms with E-state index in [2.05, 4.69) is 5.32 Å². The van der Waals surface area contributed by atoms with Crippen LogP contribution in [-0.2, 0) is 9.59 Å². The van der Waals surface area contributed by atoms with Gasteiger partial charge in [0, 0.05) is 13.0 Å². The lowest BCUT2D eigenvalue weighted by molar-refractivity contribution is -0.120. The van der Waals surface area contributed by atoms with Gasteiger partial charge in [0.1, 0.15) is 18.2 Å². The maximum absolute atomic E-state index is 12.2. The third kappa shape index (κ3) is 3.63. The van der Waals surface area contributed by atoms with Crippen LogP contribution in [0.5, 0.6) is 5.75 Å². The van der Waals surface area contributed by atoms with Gasteiger partial charge in [-0.3, -0.25) is 9.59 Å². The second-order valence-electron chi connectivity index (χ2n) is 4.45. The minimum atomic E-state index is -0.212. The summed E-state index contributed by atoms with van der Waals surface area (Å²) in [5.74, 6) is 0.518. The smallest absolute Gasteiger partial charge is 0.234 e. The first kappa shape index (κ1) is 14.7. The normalized spacial score (nSPS) is 13.3. The highest BCUT2D eigenvalue weighted by Gasteiger charge is 2.22. The number of carbonyl (C=O) groups excluding carboxylic acids is 2. The predicted octanol–water partition coefficient (Wildman–Crippen LogP) is 1.55. The molecule has 2 amide bonds. The summed E-state index contributed by atoms with van der Waals surface area (Å²) < 4.78 is 5.51. The zero-order valence-corrected chi connectivity index (χ0v) is 11.9. The molecule has 0 unspecified atom stereocenters. The molecule has 0 saturated heterocycles. The fourth-order valence-corrected chi connectivity index (χ4v) is 2.17. The van der Waals surface area contributed by atoms with Crippen molar-refractivity contribution >= 4 is 29.1 Å². The summed E-state index contributed by atoms with van der Waals surface area (Å²) in [6.07, 6.45) is 0.984. The van der Waals surface area contributed by atoms with Gasteiger partial charge in [0.25, 0.3) is 0 Å². The van der Waals surface area contributed by atoms with Crippen LogP contribution < -0.4 is 15.0 Å². The number of halogens is 1. The van der Waals surface area contributed by atoms with E-state index in [0.717, 1.165) is 11.4 Å². The topological polar surface area (TPSA) is 58.6 Å². The molecule has 20 heavy (non-hydrogen) atoms. The molecule has 1 aromatic carbocycles. The molecule has 2 rings (SSSR count).